The van der Waals surface area contributed by atoms with Gasteiger partial charge in [0.25, 0.3) is 5.91 Å². The molecule has 2 rings (SSSR count). The van der Waals surface area contributed by atoms with Gasteiger partial charge in [-0.1, -0.05) is 6.07 Å². The minimum atomic E-state index is -4.39. The number of ether oxygens (including phenoxy) is 2. The van der Waals surface area contributed by atoms with Crippen LogP contribution < -0.4 is 14.8 Å². The predicted molar refractivity (Wildman–Crippen MR) is 75.8 cm³/mol. The standard InChI is InChI=1S/C14H14F3N3O3/c1-22-11-5-3-4-10(12(11)23-2)13(21)19-9-6-18-20(7-9)8-14(15,16)17/h3-7H,8H2,1-2H3,(H,19,21). The molecule has 1 aromatic heterocycles. The highest BCUT2D eigenvalue weighted by Gasteiger charge is 2.28. The normalized spacial score (nSPS) is 11.2. The molecule has 0 bridgehead atoms. The topological polar surface area (TPSA) is 65.4 Å². The van der Waals surface area contributed by atoms with Gasteiger partial charge in [-0.2, -0.15) is 18.3 Å². The maximum atomic E-state index is 12.3. The Bertz CT molecular complexity index is 698. The van der Waals surface area contributed by atoms with Crippen molar-refractivity contribution in [2.45, 2.75) is 12.7 Å². The molecule has 0 saturated carbocycles. The number of halogens is 3. The van der Waals surface area contributed by atoms with Crippen molar-refractivity contribution in [3.8, 4) is 11.5 Å². The summed E-state index contributed by atoms with van der Waals surface area (Å²) in [6, 6.07) is 4.73. The average Bonchev–Trinajstić information content (AvgIpc) is 2.90. The van der Waals surface area contributed by atoms with Crippen LogP contribution in [0.2, 0.25) is 0 Å². The van der Waals surface area contributed by atoms with Gasteiger partial charge < -0.3 is 14.8 Å². The molecule has 0 atom stereocenters. The molecule has 0 aliphatic carbocycles. The predicted octanol–water partition coefficient (Wildman–Crippen LogP) is 2.71. The highest BCUT2D eigenvalue weighted by molar-refractivity contribution is 6.06. The van der Waals surface area contributed by atoms with Crippen LogP contribution >= 0.6 is 0 Å². The van der Waals surface area contributed by atoms with Gasteiger partial charge in [0, 0.05) is 6.20 Å². The molecular formula is C14H14F3N3O3. The van der Waals surface area contributed by atoms with Crippen LogP contribution in [0.5, 0.6) is 11.5 Å². The largest absolute Gasteiger partial charge is 0.493 e. The molecule has 6 nitrogen and oxygen atoms in total. The van der Waals surface area contributed by atoms with E-state index in [0.29, 0.717) is 10.4 Å². The summed E-state index contributed by atoms with van der Waals surface area (Å²) in [5.74, 6) is 0.0513. The number of benzene rings is 1. The number of amides is 1. The lowest BCUT2D eigenvalue weighted by Gasteiger charge is -2.11. The molecule has 1 heterocycles. The lowest BCUT2D eigenvalue weighted by molar-refractivity contribution is -0.142. The number of hydrogen-bond donors (Lipinski definition) is 1. The summed E-state index contributed by atoms with van der Waals surface area (Å²) in [6.45, 7) is -1.23. The number of rotatable bonds is 5. The monoisotopic (exact) mass is 329 g/mol. The van der Waals surface area contributed by atoms with Gasteiger partial charge in [-0.05, 0) is 12.1 Å². The van der Waals surface area contributed by atoms with E-state index in [1.165, 1.54) is 20.3 Å². The molecular weight excluding hydrogens is 315 g/mol. The number of hydrogen-bond acceptors (Lipinski definition) is 4. The number of methoxy groups -OCH3 is 2. The molecule has 1 amide bonds. The van der Waals surface area contributed by atoms with Gasteiger partial charge >= 0.3 is 6.18 Å². The number of nitrogens with one attached hydrogen (secondary N) is 1. The molecule has 0 saturated heterocycles. The summed E-state index contributed by atoms with van der Waals surface area (Å²) in [5.41, 5.74) is 0.333. The Hall–Kier alpha value is -2.71. The second-order valence-corrected chi connectivity index (χ2v) is 4.54. The smallest absolute Gasteiger partial charge is 0.408 e. The van der Waals surface area contributed by atoms with Crippen molar-refractivity contribution >= 4 is 11.6 Å². The van der Waals surface area contributed by atoms with Crippen LogP contribution in [0.1, 0.15) is 10.4 Å². The summed E-state index contributed by atoms with van der Waals surface area (Å²) >= 11 is 0. The van der Waals surface area contributed by atoms with Gasteiger partial charge in [-0.3, -0.25) is 9.48 Å². The molecule has 124 valence electrons. The molecule has 0 radical (unpaired) electrons. The number of aromatic nitrogens is 2. The lowest BCUT2D eigenvalue weighted by atomic mass is 10.1. The number of carbonyl (C=O) groups excluding carboxylic acids is 1. The van der Waals surface area contributed by atoms with E-state index in [1.54, 1.807) is 12.1 Å². The highest BCUT2D eigenvalue weighted by Crippen LogP contribution is 2.31. The Kier molecular flexibility index (Phi) is 4.77. The average molecular weight is 329 g/mol. The van der Waals surface area contributed by atoms with Crippen LogP contribution in [0.4, 0.5) is 18.9 Å². The van der Waals surface area contributed by atoms with Crippen molar-refractivity contribution in [2.24, 2.45) is 0 Å². The summed E-state index contributed by atoms with van der Waals surface area (Å²) in [5, 5.41) is 6.02. The lowest BCUT2D eigenvalue weighted by Crippen LogP contribution is -2.18. The van der Waals surface area contributed by atoms with Gasteiger partial charge in [0.1, 0.15) is 6.54 Å². The van der Waals surface area contributed by atoms with Gasteiger partial charge in [0.15, 0.2) is 11.5 Å². The molecule has 0 aliphatic rings. The van der Waals surface area contributed by atoms with Gasteiger partial charge in [0.05, 0.1) is 31.7 Å². The van der Waals surface area contributed by atoms with Crippen LogP contribution in [0.25, 0.3) is 0 Å². The van der Waals surface area contributed by atoms with E-state index in [2.05, 4.69) is 10.4 Å². The first-order valence-corrected chi connectivity index (χ1v) is 6.45. The van der Waals surface area contributed by atoms with Crippen molar-refractivity contribution in [3.63, 3.8) is 0 Å². The van der Waals surface area contributed by atoms with E-state index in [-0.39, 0.29) is 17.0 Å². The summed E-state index contributed by atoms with van der Waals surface area (Å²) in [6.07, 6.45) is -2.16. The van der Waals surface area contributed by atoms with Gasteiger partial charge in [0.2, 0.25) is 0 Å². The zero-order valence-corrected chi connectivity index (χ0v) is 12.3. The zero-order chi connectivity index (χ0) is 17.0. The molecule has 23 heavy (non-hydrogen) atoms. The van der Waals surface area contributed by atoms with Crippen molar-refractivity contribution in [3.05, 3.63) is 36.2 Å². The third-order valence-electron chi connectivity index (χ3n) is 2.88. The Morgan fingerprint density at radius 1 is 1.30 bits per heavy atom. The molecule has 0 unspecified atom stereocenters. The number of nitrogens with zero attached hydrogens (tertiary/aromatic N) is 2. The van der Waals surface area contributed by atoms with E-state index in [4.69, 9.17) is 9.47 Å². The third kappa shape index (κ3) is 4.15. The fourth-order valence-electron chi connectivity index (χ4n) is 1.96. The van der Waals surface area contributed by atoms with E-state index >= 15 is 0 Å². The van der Waals surface area contributed by atoms with E-state index in [9.17, 15) is 18.0 Å². The number of carbonyl (C=O) groups is 1. The fraction of sp³-hybridized carbons (Fsp3) is 0.286. The number of para-hydroxylation sites is 1. The minimum absolute atomic E-state index is 0.143. The van der Waals surface area contributed by atoms with Crippen LogP contribution in [0.3, 0.4) is 0 Å². The first-order chi connectivity index (χ1) is 10.8. The highest BCUT2D eigenvalue weighted by atomic mass is 19.4. The zero-order valence-electron chi connectivity index (χ0n) is 12.3. The molecule has 0 aliphatic heterocycles. The maximum Gasteiger partial charge on any atom is 0.408 e. The van der Waals surface area contributed by atoms with Crippen molar-refractivity contribution in [1.29, 1.82) is 0 Å². The van der Waals surface area contributed by atoms with E-state index in [1.807, 2.05) is 0 Å². The Labute approximate surface area is 129 Å². The summed E-state index contributed by atoms with van der Waals surface area (Å²) < 4.78 is 47.8. The first-order valence-electron chi connectivity index (χ1n) is 6.45. The van der Waals surface area contributed by atoms with E-state index in [0.717, 1.165) is 12.4 Å². The maximum absolute atomic E-state index is 12.3. The Morgan fingerprint density at radius 3 is 2.65 bits per heavy atom. The first kappa shape index (κ1) is 16.7. The third-order valence-corrected chi connectivity index (χ3v) is 2.88. The summed E-state index contributed by atoms with van der Waals surface area (Å²) in [4.78, 5) is 12.3. The second kappa shape index (κ2) is 6.59. The van der Waals surface area contributed by atoms with Crippen LogP contribution in [-0.4, -0.2) is 36.1 Å². The molecule has 0 spiro atoms. The molecule has 9 heteroatoms. The number of alkyl halides is 3. The molecule has 1 aromatic carbocycles. The minimum Gasteiger partial charge on any atom is -0.493 e. The van der Waals surface area contributed by atoms with Crippen LogP contribution in [0.15, 0.2) is 30.6 Å². The Morgan fingerprint density at radius 2 is 2.04 bits per heavy atom. The van der Waals surface area contributed by atoms with Gasteiger partial charge in [-0.25, -0.2) is 0 Å². The van der Waals surface area contributed by atoms with E-state index < -0.39 is 18.6 Å². The number of anilines is 1. The van der Waals surface area contributed by atoms with Crippen LogP contribution in [0, 0.1) is 0 Å². The van der Waals surface area contributed by atoms with Gasteiger partial charge in [-0.15, -0.1) is 0 Å². The SMILES string of the molecule is COc1cccc(C(=O)Nc2cnn(CC(F)(F)F)c2)c1OC. The molecule has 0 fully saturated rings. The molecule has 2 aromatic rings. The Balaban J connectivity index is 2.17. The van der Waals surface area contributed by atoms with Crippen molar-refractivity contribution in [2.75, 3.05) is 19.5 Å². The van der Waals surface area contributed by atoms with Crippen LogP contribution in [-0.2, 0) is 6.54 Å². The molecule has 1 N–H and O–H groups in total. The fourth-order valence-corrected chi connectivity index (χ4v) is 1.96. The summed E-state index contributed by atoms with van der Waals surface area (Å²) in [7, 11) is 2.82. The van der Waals surface area contributed by atoms with Crippen molar-refractivity contribution < 1.29 is 27.4 Å². The van der Waals surface area contributed by atoms with Crippen molar-refractivity contribution in [1.82, 2.24) is 9.78 Å². The second-order valence-electron chi connectivity index (χ2n) is 4.54. The quantitative estimate of drug-likeness (QED) is 0.916.